The quantitative estimate of drug-likeness (QED) is 0.187. The van der Waals surface area contributed by atoms with E-state index in [-0.39, 0.29) is 12.3 Å². The molecule has 0 fully saturated rings. The van der Waals surface area contributed by atoms with E-state index in [1.54, 1.807) is 6.20 Å². The molecule has 1 aromatic heterocycles. The summed E-state index contributed by atoms with van der Waals surface area (Å²) in [7, 11) is 0. The Labute approximate surface area is 229 Å². The average molecular weight is 523 g/mol. The first kappa shape index (κ1) is 27.6. The zero-order valence-corrected chi connectivity index (χ0v) is 22.0. The van der Waals surface area contributed by atoms with E-state index in [4.69, 9.17) is 9.84 Å². The Hall–Kier alpha value is -4.45. The van der Waals surface area contributed by atoms with Crippen molar-refractivity contribution in [3.8, 4) is 16.9 Å². The summed E-state index contributed by atoms with van der Waals surface area (Å²) in [4.78, 5) is 30.7. The highest BCUT2D eigenvalue weighted by atomic mass is 16.5. The second-order valence-corrected chi connectivity index (χ2v) is 9.40. The number of aromatic nitrogens is 1. The lowest BCUT2D eigenvalue weighted by Crippen LogP contribution is -2.32. The normalized spacial score (nSPS) is 10.7. The largest absolute Gasteiger partial charge is 0.493 e. The molecule has 1 amide bonds. The van der Waals surface area contributed by atoms with Crippen molar-refractivity contribution >= 4 is 11.9 Å². The molecule has 1 heterocycles. The molecule has 6 nitrogen and oxygen atoms in total. The lowest BCUT2D eigenvalue weighted by Gasteiger charge is -2.24. The standard InChI is InChI=1S/C33H34N2O4/c36-32(37)16-5-2-10-24-39-31-15-7-6-13-29(31)25-35(23-21-30-14-8-9-22-34-30)33(38)28-19-17-27(18-20-28)26-11-3-1-4-12-26/h1,3-4,6-9,11-15,17-20,22H,2,5,10,16,21,23-25H2,(H,36,37). The van der Waals surface area contributed by atoms with Crippen LogP contribution in [0.1, 0.15) is 47.3 Å². The van der Waals surface area contributed by atoms with Gasteiger partial charge in [0.15, 0.2) is 0 Å². The number of carbonyl (C=O) groups is 2. The van der Waals surface area contributed by atoms with Crippen molar-refractivity contribution in [2.24, 2.45) is 0 Å². The summed E-state index contributed by atoms with van der Waals surface area (Å²) >= 11 is 0. The molecule has 0 unspecified atom stereocenters. The number of carboxylic acids is 1. The van der Waals surface area contributed by atoms with Crippen molar-refractivity contribution in [3.63, 3.8) is 0 Å². The highest BCUT2D eigenvalue weighted by Gasteiger charge is 2.18. The highest BCUT2D eigenvalue weighted by Crippen LogP contribution is 2.23. The predicted molar refractivity (Wildman–Crippen MR) is 153 cm³/mol. The molecular weight excluding hydrogens is 488 g/mol. The van der Waals surface area contributed by atoms with Crippen LogP contribution in [0.4, 0.5) is 0 Å². The topological polar surface area (TPSA) is 79.7 Å². The monoisotopic (exact) mass is 522 g/mol. The molecule has 0 aliphatic rings. The van der Waals surface area contributed by atoms with Gasteiger partial charge in [-0.3, -0.25) is 14.6 Å². The zero-order chi connectivity index (χ0) is 27.3. The van der Waals surface area contributed by atoms with Crippen LogP contribution in [-0.2, 0) is 17.8 Å². The van der Waals surface area contributed by atoms with E-state index in [0.717, 1.165) is 41.0 Å². The van der Waals surface area contributed by atoms with Crippen LogP contribution in [0.5, 0.6) is 5.75 Å². The molecule has 1 N–H and O–H groups in total. The van der Waals surface area contributed by atoms with Gasteiger partial charge in [-0.25, -0.2) is 0 Å². The molecular formula is C33H34N2O4. The molecule has 4 rings (SSSR count). The maximum absolute atomic E-state index is 13.7. The van der Waals surface area contributed by atoms with Crippen molar-refractivity contribution < 1.29 is 19.4 Å². The lowest BCUT2D eigenvalue weighted by molar-refractivity contribution is -0.137. The number of amides is 1. The number of para-hydroxylation sites is 1. The number of rotatable bonds is 14. The molecule has 0 aliphatic carbocycles. The van der Waals surface area contributed by atoms with Crippen LogP contribution < -0.4 is 4.74 Å². The maximum Gasteiger partial charge on any atom is 0.303 e. The first-order valence-corrected chi connectivity index (χ1v) is 13.4. The van der Waals surface area contributed by atoms with Crippen molar-refractivity contribution in [2.75, 3.05) is 13.2 Å². The fourth-order valence-corrected chi connectivity index (χ4v) is 4.38. The van der Waals surface area contributed by atoms with Gasteiger partial charge < -0.3 is 14.7 Å². The summed E-state index contributed by atoms with van der Waals surface area (Å²) in [6.07, 6.45) is 4.79. The van der Waals surface area contributed by atoms with E-state index >= 15 is 0 Å². The molecule has 39 heavy (non-hydrogen) atoms. The first-order valence-electron chi connectivity index (χ1n) is 13.4. The Morgan fingerprint density at radius 1 is 0.769 bits per heavy atom. The molecule has 4 aromatic rings. The third-order valence-electron chi connectivity index (χ3n) is 6.52. The molecule has 0 atom stereocenters. The van der Waals surface area contributed by atoms with Gasteiger partial charge in [-0.15, -0.1) is 0 Å². The van der Waals surface area contributed by atoms with Gasteiger partial charge in [-0.1, -0.05) is 66.7 Å². The number of carboxylic acid groups (broad SMARTS) is 1. The molecule has 200 valence electrons. The van der Waals surface area contributed by atoms with Gasteiger partial charge in [0.05, 0.1) is 6.61 Å². The Kier molecular flexibility index (Phi) is 10.2. The van der Waals surface area contributed by atoms with Crippen molar-refractivity contribution in [2.45, 2.75) is 38.6 Å². The van der Waals surface area contributed by atoms with Gasteiger partial charge >= 0.3 is 5.97 Å². The number of carbonyl (C=O) groups excluding carboxylic acids is 1. The van der Waals surface area contributed by atoms with Gasteiger partial charge in [0.2, 0.25) is 0 Å². The second-order valence-electron chi connectivity index (χ2n) is 9.40. The SMILES string of the molecule is O=C(O)CCCCCOc1ccccc1CN(CCc1ccccn1)C(=O)c1ccc(-c2ccccc2)cc1. The molecule has 0 aliphatic heterocycles. The molecule has 0 saturated carbocycles. The fraction of sp³-hybridized carbons (Fsp3) is 0.242. The number of nitrogens with zero attached hydrogens (tertiary/aromatic N) is 2. The Morgan fingerprint density at radius 3 is 2.23 bits per heavy atom. The number of aliphatic carboxylic acids is 1. The van der Waals surface area contributed by atoms with Gasteiger partial charge in [0.25, 0.3) is 5.91 Å². The molecule has 0 radical (unpaired) electrons. The van der Waals surface area contributed by atoms with Crippen LogP contribution in [-0.4, -0.2) is 40.0 Å². The summed E-state index contributed by atoms with van der Waals surface area (Å²) in [5.41, 5.74) is 4.67. The Bertz CT molecular complexity index is 1320. The van der Waals surface area contributed by atoms with E-state index in [0.29, 0.717) is 38.1 Å². The van der Waals surface area contributed by atoms with E-state index < -0.39 is 5.97 Å². The number of ether oxygens (including phenoxy) is 1. The van der Waals surface area contributed by atoms with Crippen molar-refractivity contribution in [1.29, 1.82) is 0 Å². The Morgan fingerprint density at radius 2 is 1.49 bits per heavy atom. The maximum atomic E-state index is 13.7. The molecule has 6 heteroatoms. The van der Waals surface area contributed by atoms with Gasteiger partial charge in [0, 0.05) is 48.9 Å². The second kappa shape index (κ2) is 14.5. The van der Waals surface area contributed by atoms with Gasteiger partial charge in [-0.2, -0.15) is 0 Å². The summed E-state index contributed by atoms with van der Waals surface area (Å²) in [6, 6.07) is 31.4. The minimum Gasteiger partial charge on any atom is -0.493 e. The number of pyridine rings is 1. The van der Waals surface area contributed by atoms with Crippen LogP contribution in [0.3, 0.4) is 0 Å². The number of unbranched alkanes of at least 4 members (excludes halogenated alkanes) is 2. The van der Waals surface area contributed by atoms with E-state index in [2.05, 4.69) is 17.1 Å². The molecule has 0 saturated heterocycles. The summed E-state index contributed by atoms with van der Waals surface area (Å²) in [6.45, 7) is 1.42. The highest BCUT2D eigenvalue weighted by molar-refractivity contribution is 5.94. The predicted octanol–water partition coefficient (Wildman–Crippen LogP) is 6.66. The first-order chi connectivity index (χ1) is 19.1. The van der Waals surface area contributed by atoms with E-state index in [1.807, 2.05) is 89.8 Å². The summed E-state index contributed by atoms with van der Waals surface area (Å²) < 4.78 is 6.06. The lowest BCUT2D eigenvalue weighted by atomic mass is 10.0. The zero-order valence-electron chi connectivity index (χ0n) is 22.0. The van der Waals surface area contributed by atoms with Crippen LogP contribution >= 0.6 is 0 Å². The van der Waals surface area contributed by atoms with E-state index in [9.17, 15) is 9.59 Å². The Balaban J connectivity index is 1.47. The number of benzene rings is 3. The number of hydrogen-bond donors (Lipinski definition) is 1. The smallest absolute Gasteiger partial charge is 0.303 e. The van der Waals surface area contributed by atoms with Gasteiger partial charge in [0.1, 0.15) is 5.75 Å². The number of hydrogen-bond acceptors (Lipinski definition) is 4. The van der Waals surface area contributed by atoms with Crippen LogP contribution in [0.15, 0.2) is 103 Å². The third-order valence-corrected chi connectivity index (χ3v) is 6.52. The average Bonchev–Trinajstić information content (AvgIpc) is 2.98. The molecule has 3 aromatic carbocycles. The van der Waals surface area contributed by atoms with E-state index in [1.165, 1.54) is 0 Å². The third kappa shape index (κ3) is 8.54. The fourth-order valence-electron chi connectivity index (χ4n) is 4.38. The summed E-state index contributed by atoms with van der Waals surface area (Å²) in [5, 5.41) is 8.81. The van der Waals surface area contributed by atoms with Crippen molar-refractivity contribution in [1.82, 2.24) is 9.88 Å². The van der Waals surface area contributed by atoms with Gasteiger partial charge in [-0.05, 0) is 60.7 Å². The minimum atomic E-state index is -0.772. The summed E-state index contributed by atoms with van der Waals surface area (Å²) in [5.74, 6) is -0.0776. The molecule has 0 spiro atoms. The van der Waals surface area contributed by atoms with Crippen molar-refractivity contribution in [3.05, 3.63) is 120 Å². The van der Waals surface area contributed by atoms with Crippen LogP contribution in [0, 0.1) is 0 Å². The van der Waals surface area contributed by atoms with Crippen LogP contribution in [0.25, 0.3) is 11.1 Å². The molecule has 0 bridgehead atoms. The minimum absolute atomic E-state index is 0.0472. The van der Waals surface area contributed by atoms with Crippen LogP contribution in [0.2, 0.25) is 0 Å².